The second-order valence-corrected chi connectivity index (χ2v) is 8.62. The van der Waals surface area contributed by atoms with E-state index in [0.717, 1.165) is 42.4 Å². The van der Waals surface area contributed by atoms with Gasteiger partial charge in [0, 0.05) is 32.8 Å². The van der Waals surface area contributed by atoms with E-state index in [4.69, 9.17) is 0 Å². The molecule has 0 radical (unpaired) electrons. The van der Waals surface area contributed by atoms with Crippen molar-refractivity contribution in [1.29, 1.82) is 0 Å². The highest BCUT2D eigenvalue weighted by Crippen LogP contribution is 2.39. The SMILES string of the molecule is O=C(c1ccc(-c2ccccc2)cc1)C1CC2CCC(C1)S2=O. The maximum atomic E-state index is 12.8. The molecular formula is C20H20O2S. The van der Waals surface area contributed by atoms with Gasteiger partial charge in [0.05, 0.1) is 0 Å². The van der Waals surface area contributed by atoms with E-state index in [2.05, 4.69) is 12.1 Å². The molecule has 3 heteroatoms. The highest BCUT2D eigenvalue weighted by molar-refractivity contribution is 7.86. The van der Waals surface area contributed by atoms with Crippen LogP contribution in [0.1, 0.15) is 36.0 Å². The van der Waals surface area contributed by atoms with Gasteiger partial charge in [0.25, 0.3) is 0 Å². The number of hydrogen-bond donors (Lipinski definition) is 0. The molecule has 2 bridgehead atoms. The van der Waals surface area contributed by atoms with Gasteiger partial charge in [-0.15, -0.1) is 0 Å². The van der Waals surface area contributed by atoms with Crippen LogP contribution in [0.15, 0.2) is 54.6 Å². The molecular weight excluding hydrogens is 304 g/mol. The summed E-state index contributed by atoms with van der Waals surface area (Å²) in [5, 5.41) is 0.512. The predicted octanol–water partition coefficient (Wildman–Crippen LogP) is 4.23. The first-order valence-electron chi connectivity index (χ1n) is 8.31. The average molecular weight is 324 g/mol. The zero-order valence-corrected chi connectivity index (χ0v) is 13.8. The Labute approximate surface area is 139 Å². The Hall–Kier alpha value is -1.74. The summed E-state index contributed by atoms with van der Waals surface area (Å²) in [4.78, 5) is 12.8. The fourth-order valence-electron chi connectivity index (χ4n) is 3.94. The summed E-state index contributed by atoms with van der Waals surface area (Å²) in [6.45, 7) is 0. The van der Waals surface area contributed by atoms with Crippen molar-refractivity contribution in [2.45, 2.75) is 36.2 Å². The highest BCUT2D eigenvalue weighted by Gasteiger charge is 2.42. The minimum atomic E-state index is -0.693. The topological polar surface area (TPSA) is 34.1 Å². The van der Waals surface area contributed by atoms with Crippen molar-refractivity contribution in [2.75, 3.05) is 0 Å². The third-order valence-corrected chi connectivity index (χ3v) is 7.38. The van der Waals surface area contributed by atoms with Crippen LogP contribution in [0.25, 0.3) is 11.1 Å². The van der Waals surface area contributed by atoms with Crippen molar-refractivity contribution in [3.8, 4) is 11.1 Å². The summed E-state index contributed by atoms with van der Waals surface area (Å²) in [5.74, 6) is 0.297. The predicted molar refractivity (Wildman–Crippen MR) is 93.9 cm³/mol. The Balaban J connectivity index is 1.52. The van der Waals surface area contributed by atoms with Gasteiger partial charge in [-0.25, -0.2) is 0 Å². The summed E-state index contributed by atoms with van der Waals surface area (Å²) < 4.78 is 12.1. The van der Waals surface area contributed by atoms with E-state index < -0.39 is 10.8 Å². The molecule has 2 heterocycles. The second kappa shape index (κ2) is 6.04. The van der Waals surface area contributed by atoms with Gasteiger partial charge >= 0.3 is 0 Å². The van der Waals surface area contributed by atoms with Crippen LogP contribution in [0.3, 0.4) is 0 Å². The first kappa shape index (κ1) is 14.8. The maximum Gasteiger partial charge on any atom is 0.166 e. The number of hydrogen-bond acceptors (Lipinski definition) is 2. The Morgan fingerprint density at radius 3 is 2.00 bits per heavy atom. The summed E-state index contributed by atoms with van der Waals surface area (Å²) >= 11 is 0. The first-order valence-corrected chi connectivity index (χ1v) is 9.59. The zero-order chi connectivity index (χ0) is 15.8. The third kappa shape index (κ3) is 2.78. The van der Waals surface area contributed by atoms with Gasteiger partial charge in [0.1, 0.15) is 0 Å². The fourth-order valence-corrected chi connectivity index (χ4v) is 6.06. The number of Topliss-reactive ketones (excluding diaryl/α,β-unsaturated/α-hetero) is 1. The molecule has 2 unspecified atom stereocenters. The van der Waals surface area contributed by atoms with Gasteiger partial charge in [-0.1, -0.05) is 54.6 Å². The molecule has 2 atom stereocenters. The summed E-state index contributed by atoms with van der Waals surface area (Å²) in [6, 6.07) is 18.1. The van der Waals surface area contributed by atoms with E-state index >= 15 is 0 Å². The molecule has 0 N–H and O–H groups in total. The number of benzene rings is 2. The normalized spacial score (nSPS) is 29.4. The first-order chi connectivity index (χ1) is 11.2. The summed E-state index contributed by atoms with van der Waals surface area (Å²) in [7, 11) is -0.693. The molecule has 2 nitrogen and oxygen atoms in total. The maximum absolute atomic E-state index is 12.8. The number of carbonyl (C=O) groups excluding carboxylic acids is 1. The number of ketones is 1. The van der Waals surface area contributed by atoms with Crippen molar-refractivity contribution in [3.63, 3.8) is 0 Å². The van der Waals surface area contributed by atoms with E-state index in [-0.39, 0.29) is 22.2 Å². The summed E-state index contributed by atoms with van der Waals surface area (Å²) in [6.07, 6.45) is 3.69. The standard InChI is InChI=1S/C20H20O2S/c21-20(17-12-18-10-11-19(13-17)23(18)22)16-8-6-15(7-9-16)14-4-2-1-3-5-14/h1-9,17-19H,10-13H2. The van der Waals surface area contributed by atoms with Crippen LogP contribution in [0.2, 0.25) is 0 Å². The van der Waals surface area contributed by atoms with E-state index in [1.165, 1.54) is 0 Å². The Kier molecular flexibility index (Phi) is 3.90. The van der Waals surface area contributed by atoms with Crippen LogP contribution in [0.5, 0.6) is 0 Å². The molecule has 0 amide bonds. The molecule has 23 heavy (non-hydrogen) atoms. The monoisotopic (exact) mass is 324 g/mol. The molecule has 2 aromatic rings. The lowest BCUT2D eigenvalue weighted by molar-refractivity contribution is 0.0906. The quantitative estimate of drug-likeness (QED) is 0.792. The van der Waals surface area contributed by atoms with Gasteiger partial charge in [-0.3, -0.25) is 9.00 Å². The molecule has 118 valence electrons. The number of carbonyl (C=O) groups is 1. The van der Waals surface area contributed by atoms with Crippen LogP contribution >= 0.6 is 0 Å². The van der Waals surface area contributed by atoms with Crippen LogP contribution < -0.4 is 0 Å². The van der Waals surface area contributed by atoms with Gasteiger partial charge in [-0.05, 0) is 36.8 Å². The number of rotatable bonds is 3. The van der Waals surface area contributed by atoms with E-state index in [1.807, 2.05) is 42.5 Å². The molecule has 2 saturated heterocycles. The van der Waals surface area contributed by atoms with Gasteiger partial charge in [0.15, 0.2) is 5.78 Å². The Morgan fingerprint density at radius 1 is 0.826 bits per heavy atom. The fraction of sp³-hybridized carbons (Fsp3) is 0.350. The lowest BCUT2D eigenvalue weighted by atomic mass is 9.89. The zero-order valence-electron chi connectivity index (χ0n) is 13.0. The molecule has 2 aliphatic rings. The van der Waals surface area contributed by atoms with Crippen LogP contribution in [-0.2, 0) is 10.8 Å². The lowest BCUT2D eigenvalue weighted by Crippen LogP contribution is -2.32. The second-order valence-electron chi connectivity index (χ2n) is 6.63. The lowest BCUT2D eigenvalue weighted by Gasteiger charge is -2.26. The van der Waals surface area contributed by atoms with Crippen molar-refractivity contribution < 1.29 is 9.00 Å². The molecule has 2 fully saturated rings. The smallest absolute Gasteiger partial charge is 0.166 e. The molecule has 4 rings (SSSR count). The minimum Gasteiger partial charge on any atom is -0.294 e. The Morgan fingerprint density at radius 2 is 1.39 bits per heavy atom. The molecule has 0 saturated carbocycles. The number of fused-ring (bicyclic) bond motifs is 2. The summed E-state index contributed by atoms with van der Waals surface area (Å²) in [5.41, 5.74) is 3.09. The van der Waals surface area contributed by atoms with Crippen molar-refractivity contribution >= 4 is 16.6 Å². The van der Waals surface area contributed by atoms with Crippen LogP contribution in [0, 0.1) is 5.92 Å². The third-order valence-electron chi connectivity index (χ3n) is 5.21. The molecule has 0 aliphatic carbocycles. The largest absolute Gasteiger partial charge is 0.294 e. The van der Waals surface area contributed by atoms with E-state index in [9.17, 15) is 9.00 Å². The van der Waals surface area contributed by atoms with Crippen molar-refractivity contribution in [1.82, 2.24) is 0 Å². The van der Waals surface area contributed by atoms with E-state index in [1.54, 1.807) is 0 Å². The van der Waals surface area contributed by atoms with Crippen LogP contribution in [0.4, 0.5) is 0 Å². The average Bonchev–Trinajstić information content (AvgIpc) is 2.83. The minimum absolute atomic E-state index is 0.0628. The molecule has 2 aliphatic heterocycles. The van der Waals surface area contributed by atoms with E-state index in [0.29, 0.717) is 0 Å². The van der Waals surface area contributed by atoms with Gasteiger partial charge in [-0.2, -0.15) is 0 Å². The van der Waals surface area contributed by atoms with Crippen LogP contribution in [-0.4, -0.2) is 20.5 Å². The van der Waals surface area contributed by atoms with Crippen molar-refractivity contribution in [3.05, 3.63) is 60.2 Å². The Bertz CT molecular complexity index is 720. The molecule has 0 aromatic heterocycles. The van der Waals surface area contributed by atoms with Gasteiger partial charge in [0.2, 0.25) is 0 Å². The van der Waals surface area contributed by atoms with Crippen molar-refractivity contribution in [2.24, 2.45) is 5.92 Å². The molecule has 0 spiro atoms. The van der Waals surface area contributed by atoms with Gasteiger partial charge < -0.3 is 0 Å². The molecule has 2 aromatic carbocycles. The highest BCUT2D eigenvalue weighted by atomic mass is 32.2.